The fourth-order valence-corrected chi connectivity index (χ4v) is 2.26. The molecule has 0 unspecified atom stereocenters. The first-order valence-electron chi connectivity index (χ1n) is 7.99. The van der Waals surface area contributed by atoms with Crippen molar-refractivity contribution >= 4 is 23.1 Å². The minimum Gasteiger partial charge on any atom is -0.337 e. The van der Waals surface area contributed by atoms with Crippen LogP contribution >= 0.6 is 0 Å². The number of rotatable bonds is 5. The van der Waals surface area contributed by atoms with E-state index in [-0.39, 0.29) is 17.2 Å². The van der Waals surface area contributed by atoms with Gasteiger partial charge < -0.3 is 10.6 Å². The smallest absolute Gasteiger partial charge is 0.275 e. The molecule has 0 atom stereocenters. The molecule has 26 heavy (non-hydrogen) atoms. The van der Waals surface area contributed by atoms with E-state index in [9.17, 15) is 13.6 Å². The monoisotopic (exact) mass is 354 g/mol. The van der Waals surface area contributed by atoms with Crippen molar-refractivity contribution < 1.29 is 13.6 Å². The van der Waals surface area contributed by atoms with Crippen molar-refractivity contribution in [3.05, 3.63) is 77.8 Å². The number of benzene rings is 2. The molecule has 132 valence electrons. The van der Waals surface area contributed by atoms with Crippen LogP contribution in [0.3, 0.4) is 0 Å². The molecular formula is C19H16F2N4O. The molecule has 2 aromatic carbocycles. The van der Waals surface area contributed by atoms with Gasteiger partial charge in [-0.3, -0.25) is 4.79 Å². The van der Waals surface area contributed by atoms with Crippen molar-refractivity contribution in [1.82, 2.24) is 9.97 Å². The average Bonchev–Trinajstić information content (AvgIpc) is 2.65. The van der Waals surface area contributed by atoms with Gasteiger partial charge in [0.2, 0.25) is 0 Å². The summed E-state index contributed by atoms with van der Waals surface area (Å²) in [5.74, 6) is -1.58. The molecule has 0 aliphatic heterocycles. The van der Waals surface area contributed by atoms with E-state index < -0.39 is 17.5 Å². The molecule has 0 bridgehead atoms. The number of nitrogens with one attached hydrogen (secondary N) is 2. The van der Waals surface area contributed by atoms with Crippen LogP contribution < -0.4 is 10.6 Å². The zero-order chi connectivity index (χ0) is 18.5. The molecule has 0 saturated heterocycles. The molecule has 0 spiro atoms. The molecule has 2 N–H and O–H groups in total. The van der Waals surface area contributed by atoms with E-state index in [1.165, 1.54) is 24.0 Å². The predicted octanol–water partition coefficient (Wildman–Crippen LogP) is 4.31. The van der Waals surface area contributed by atoms with Crippen LogP contribution in [0.5, 0.6) is 0 Å². The van der Waals surface area contributed by atoms with Crippen LogP contribution in [0.25, 0.3) is 0 Å². The van der Waals surface area contributed by atoms with E-state index >= 15 is 0 Å². The minimum absolute atomic E-state index is 0.0638. The lowest BCUT2D eigenvalue weighted by Gasteiger charge is -2.08. The quantitative estimate of drug-likeness (QED) is 0.716. The second-order valence-electron chi connectivity index (χ2n) is 5.54. The number of hydrogen-bond donors (Lipinski definition) is 2. The van der Waals surface area contributed by atoms with Crippen LogP contribution in [0.1, 0.15) is 23.0 Å². The van der Waals surface area contributed by atoms with Crippen molar-refractivity contribution in [3.8, 4) is 0 Å². The standard InChI is InChI=1S/C19H16F2N4O/c1-2-12-3-6-14(7-4-12)24-19(26)17-10-23-18(11-22-17)25-16-8-5-13(20)9-15(16)21/h3-11H,2H2,1H3,(H,23,25)(H,24,26). The number of nitrogens with zero attached hydrogens (tertiary/aromatic N) is 2. The first kappa shape index (κ1) is 17.5. The van der Waals surface area contributed by atoms with E-state index in [0.29, 0.717) is 5.69 Å². The molecule has 0 radical (unpaired) electrons. The van der Waals surface area contributed by atoms with Gasteiger partial charge in [-0.25, -0.2) is 18.7 Å². The fraction of sp³-hybridized carbons (Fsp3) is 0.105. The van der Waals surface area contributed by atoms with Crippen molar-refractivity contribution in [2.24, 2.45) is 0 Å². The van der Waals surface area contributed by atoms with Gasteiger partial charge in [-0.2, -0.15) is 0 Å². The molecule has 1 amide bonds. The zero-order valence-electron chi connectivity index (χ0n) is 14.0. The highest BCUT2D eigenvalue weighted by molar-refractivity contribution is 6.02. The third-order valence-corrected chi connectivity index (χ3v) is 3.70. The third-order valence-electron chi connectivity index (χ3n) is 3.70. The van der Waals surface area contributed by atoms with Gasteiger partial charge in [0, 0.05) is 11.8 Å². The molecule has 3 aromatic rings. The maximum atomic E-state index is 13.6. The number of hydrogen-bond acceptors (Lipinski definition) is 4. The molecule has 0 aliphatic rings. The van der Waals surface area contributed by atoms with E-state index in [1.807, 2.05) is 24.3 Å². The molecule has 7 heteroatoms. The normalized spacial score (nSPS) is 10.4. The van der Waals surface area contributed by atoms with Crippen LogP contribution in [-0.2, 0) is 6.42 Å². The number of anilines is 3. The molecule has 0 aliphatic carbocycles. The molecule has 3 rings (SSSR count). The highest BCUT2D eigenvalue weighted by Crippen LogP contribution is 2.19. The summed E-state index contributed by atoms with van der Waals surface area (Å²) in [4.78, 5) is 20.2. The summed E-state index contributed by atoms with van der Waals surface area (Å²) in [6.45, 7) is 2.05. The van der Waals surface area contributed by atoms with E-state index in [4.69, 9.17) is 0 Å². The highest BCUT2D eigenvalue weighted by atomic mass is 19.1. The summed E-state index contributed by atoms with van der Waals surface area (Å²) < 4.78 is 26.5. The molecular weight excluding hydrogens is 338 g/mol. The Kier molecular flexibility index (Phi) is 5.17. The van der Waals surface area contributed by atoms with Gasteiger partial charge in [-0.05, 0) is 36.2 Å². The van der Waals surface area contributed by atoms with Gasteiger partial charge in [-0.1, -0.05) is 19.1 Å². The van der Waals surface area contributed by atoms with Crippen LogP contribution in [-0.4, -0.2) is 15.9 Å². The Labute approximate surface area is 149 Å². The maximum absolute atomic E-state index is 13.6. The summed E-state index contributed by atoms with van der Waals surface area (Å²) in [5, 5.41) is 5.41. The number of halogens is 2. The van der Waals surface area contributed by atoms with E-state index in [0.717, 1.165) is 18.6 Å². The lowest BCUT2D eigenvalue weighted by atomic mass is 10.1. The number of amides is 1. The Hall–Kier alpha value is -3.35. The largest absolute Gasteiger partial charge is 0.337 e. The summed E-state index contributed by atoms with van der Waals surface area (Å²) in [6.07, 6.45) is 3.50. The molecule has 0 saturated carbocycles. The summed E-state index contributed by atoms with van der Waals surface area (Å²) in [5.41, 5.74) is 2.01. The van der Waals surface area contributed by atoms with Crippen molar-refractivity contribution in [3.63, 3.8) is 0 Å². The Morgan fingerprint density at radius 2 is 1.81 bits per heavy atom. The molecule has 1 aromatic heterocycles. The Balaban J connectivity index is 1.67. The van der Waals surface area contributed by atoms with Crippen molar-refractivity contribution in [2.75, 3.05) is 10.6 Å². The Morgan fingerprint density at radius 3 is 2.42 bits per heavy atom. The van der Waals surface area contributed by atoms with Gasteiger partial charge in [-0.15, -0.1) is 0 Å². The average molecular weight is 354 g/mol. The highest BCUT2D eigenvalue weighted by Gasteiger charge is 2.10. The van der Waals surface area contributed by atoms with Crippen LogP contribution in [0.15, 0.2) is 54.9 Å². The van der Waals surface area contributed by atoms with Crippen molar-refractivity contribution in [1.29, 1.82) is 0 Å². The lowest BCUT2D eigenvalue weighted by molar-refractivity contribution is 0.102. The maximum Gasteiger partial charge on any atom is 0.275 e. The SMILES string of the molecule is CCc1ccc(NC(=O)c2cnc(Nc3ccc(F)cc3F)cn2)cc1. The summed E-state index contributed by atoms with van der Waals surface area (Å²) >= 11 is 0. The lowest BCUT2D eigenvalue weighted by Crippen LogP contribution is -2.14. The van der Waals surface area contributed by atoms with Crippen LogP contribution in [0.4, 0.5) is 26.0 Å². The van der Waals surface area contributed by atoms with E-state index in [2.05, 4.69) is 27.5 Å². The van der Waals surface area contributed by atoms with Gasteiger partial charge in [0.15, 0.2) is 0 Å². The van der Waals surface area contributed by atoms with Gasteiger partial charge in [0.05, 0.1) is 18.1 Å². The third kappa shape index (κ3) is 4.18. The number of carbonyl (C=O) groups excluding carboxylic acids is 1. The van der Waals surface area contributed by atoms with Gasteiger partial charge in [0.1, 0.15) is 23.1 Å². The second kappa shape index (κ2) is 7.69. The predicted molar refractivity (Wildman–Crippen MR) is 95.4 cm³/mol. The van der Waals surface area contributed by atoms with Gasteiger partial charge in [0.25, 0.3) is 5.91 Å². The molecule has 1 heterocycles. The number of aryl methyl sites for hydroxylation is 1. The summed E-state index contributed by atoms with van der Waals surface area (Å²) in [6, 6.07) is 10.7. The first-order valence-corrected chi connectivity index (χ1v) is 7.99. The molecule has 0 fully saturated rings. The topological polar surface area (TPSA) is 66.9 Å². The van der Waals surface area contributed by atoms with Crippen LogP contribution in [0.2, 0.25) is 0 Å². The first-order chi connectivity index (χ1) is 12.5. The number of carbonyl (C=O) groups is 1. The second-order valence-corrected chi connectivity index (χ2v) is 5.54. The molecule has 5 nitrogen and oxygen atoms in total. The van der Waals surface area contributed by atoms with Gasteiger partial charge >= 0.3 is 0 Å². The Bertz CT molecular complexity index is 912. The number of aromatic nitrogens is 2. The van der Waals surface area contributed by atoms with E-state index in [1.54, 1.807) is 0 Å². The van der Waals surface area contributed by atoms with Crippen LogP contribution in [0, 0.1) is 11.6 Å². The summed E-state index contributed by atoms with van der Waals surface area (Å²) in [7, 11) is 0. The minimum atomic E-state index is -0.746. The zero-order valence-corrected chi connectivity index (χ0v) is 14.0. The fourth-order valence-electron chi connectivity index (χ4n) is 2.26. The Morgan fingerprint density at radius 1 is 1.04 bits per heavy atom. The van der Waals surface area contributed by atoms with Crippen molar-refractivity contribution in [2.45, 2.75) is 13.3 Å².